The maximum absolute atomic E-state index is 12.9. The lowest BCUT2D eigenvalue weighted by Crippen LogP contribution is -2.38. The molecule has 0 aliphatic carbocycles. The van der Waals surface area contributed by atoms with Crippen LogP contribution in [0.25, 0.3) is 34.0 Å². The summed E-state index contributed by atoms with van der Waals surface area (Å²) in [5, 5.41) is 5.29. The minimum Gasteiger partial charge on any atom is -0.497 e. The second kappa shape index (κ2) is 10.9. The molecule has 0 spiro atoms. The topological polar surface area (TPSA) is 66.6 Å². The molecule has 3 heterocycles. The van der Waals surface area contributed by atoms with Crippen molar-refractivity contribution in [3.05, 3.63) is 83.4 Å². The van der Waals surface area contributed by atoms with Gasteiger partial charge in [0.05, 0.1) is 12.6 Å². The van der Waals surface area contributed by atoms with Crippen LogP contribution < -0.4 is 14.8 Å². The van der Waals surface area contributed by atoms with Crippen molar-refractivity contribution in [2.75, 3.05) is 26.7 Å². The molecule has 2 aliphatic rings. The number of aromatic amines is 1. The van der Waals surface area contributed by atoms with Gasteiger partial charge in [0.1, 0.15) is 17.1 Å². The molecule has 1 saturated heterocycles. The average molecular weight is 536 g/mol. The standard InChI is InChI=1S/C34H37N3O3/c1-34(2)16-13-27-32-29(28-20-26(39-3)10-11-30(28)36-32)19-25(33(27)40-34)9-12-31(38)35-21-23-14-17-37(18-15-23)22-24-7-5-4-6-8-24/h4-13,16,19-20,23,36H,14-15,17-18,21-22H2,1-3H3,(H,35,38)/b12-9+. The molecule has 0 radical (unpaired) electrons. The summed E-state index contributed by atoms with van der Waals surface area (Å²) in [6.45, 7) is 7.90. The molecular formula is C34H37N3O3. The van der Waals surface area contributed by atoms with Gasteiger partial charge in [-0.15, -0.1) is 0 Å². The molecule has 3 aromatic carbocycles. The molecule has 4 aromatic rings. The molecule has 1 aromatic heterocycles. The minimum absolute atomic E-state index is 0.0771. The second-order valence-corrected chi connectivity index (χ2v) is 11.5. The van der Waals surface area contributed by atoms with E-state index in [4.69, 9.17) is 9.47 Å². The molecule has 6 nitrogen and oxygen atoms in total. The largest absolute Gasteiger partial charge is 0.497 e. The fraction of sp³-hybridized carbons (Fsp3) is 0.324. The Hall–Kier alpha value is -4.03. The average Bonchev–Trinajstić information content (AvgIpc) is 3.33. The van der Waals surface area contributed by atoms with E-state index in [1.54, 1.807) is 13.2 Å². The Kier molecular flexibility index (Phi) is 7.11. The van der Waals surface area contributed by atoms with E-state index < -0.39 is 5.60 Å². The Balaban J connectivity index is 1.16. The molecule has 6 rings (SSSR count). The SMILES string of the molecule is COc1ccc2[nH]c3c4c(c(/C=C/C(=O)NCC5CCN(Cc6ccccc6)CC5)cc3c2c1)OC(C)(C)C=C4. The summed E-state index contributed by atoms with van der Waals surface area (Å²) in [4.78, 5) is 18.9. The summed E-state index contributed by atoms with van der Waals surface area (Å²) < 4.78 is 11.9. The number of rotatable bonds is 7. The van der Waals surface area contributed by atoms with Crippen molar-refractivity contribution in [1.82, 2.24) is 15.2 Å². The van der Waals surface area contributed by atoms with Crippen LogP contribution >= 0.6 is 0 Å². The van der Waals surface area contributed by atoms with E-state index in [-0.39, 0.29) is 5.91 Å². The number of amides is 1. The first-order valence-electron chi connectivity index (χ1n) is 14.2. The highest BCUT2D eigenvalue weighted by atomic mass is 16.5. The molecule has 1 fully saturated rings. The van der Waals surface area contributed by atoms with Gasteiger partial charge in [0, 0.05) is 46.6 Å². The summed E-state index contributed by atoms with van der Waals surface area (Å²) in [5.74, 6) is 2.02. The first-order valence-corrected chi connectivity index (χ1v) is 14.2. The fourth-order valence-electron chi connectivity index (χ4n) is 5.81. The number of hydrogen-bond acceptors (Lipinski definition) is 4. The first kappa shape index (κ1) is 26.2. The highest BCUT2D eigenvalue weighted by Crippen LogP contribution is 2.42. The van der Waals surface area contributed by atoms with Crippen molar-refractivity contribution in [2.24, 2.45) is 5.92 Å². The minimum atomic E-state index is -0.434. The number of H-pyrrole nitrogens is 1. The van der Waals surface area contributed by atoms with Gasteiger partial charge in [-0.25, -0.2) is 0 Å². The van der Waals surface area contributed by atoms with Gasteiger partial charge < -0.3 is 19.8 Å². The monoisotopic (exact) mass is 535 g/mol. The maximum Gasteiger partial charge on any atom is 0.244 e. The van der Waals surface area contributed by atoms with Crippen molar-refractivity contribution in [2.45, 2.75) is 38.8 Å². The zero-order valence-corrected chi connectivity index (χ0v) is 23.5. The number of nitrogens with one attached hydrogen (secondary N) is 2. The molecule has 1 amide bonds. The third-order valence-electron chi connectivity index (χ3n) is 8.07. The summed E-state index contributed by atoms with van der Waals surface area (Å²) in [5.41, 5.74) is 4.85. The number of carbonyl (C=O) groups excluding carboxylic acids is 1. The van der Waals surface area contributed by atoms with Gasteiger partial charge in [0.15, 0.2) is 0 Å². The quantitative estimate of drug-likeness (QED) is 0.263. The normalized spacial score (nSPS) is 17.3. The fourth-order valence-corrected chi connectivity index (χ4v) is 5.81. The second-order valence-electron chi connectivity index (χ2n) is 11.5. The number of ether oxygens (including phenoxy) is 2. The first-order chi connectivity index (χ1) is 19.4. The molecule has 6 heteroatoms. The van der Waals surface area contributed by atoms with E-state index in [1.807, 2.05) is 38.1 Å². The van der Waals surface area contributed by atoms with Crippen LogP contribution in [0, 0.1) is 5.92 Å². The Morgan fingerprint density at radius 3 is 2.70 bits per heavy atom. The van der Waals surface area contributed by atoms with E-state index in [1.165, 1.54) is 5.56 Å². The molecule has 0 bridgehead atoms. The van der Waals surface area contributed by atoms with Crippen LogP contribution in [0.2, 0.25) is 0 Å². The predicted molar refractivity (Wildman–Crippen MR) is 163 cm³/mol. The van der Waals surface area contributed by atoms with Crippen molar-refractivity contribution >= 4 is 39.9 Å². The summed E-state index contributed by atoms with van der Waals surface area (Å²) >= 11 is 0. The van der Waals surface area contributed by atoms with Gasteiger partial charge in [0.2, 0.25) is 5.91 Å². The summed E-state index contributed by atoms with van der Waals surface area (Å²) in [6, 6.07) is 18.8. The molecule has 40 heavy (non-hydrogen) atoms. The Morgan fingerprint density at radius 1 is 1.12 bits per heavy atom. The molecule has 206 valence electrons. The van der Waals surface area contributed by atoms with Crippen molar-refractivity contribution < 1.29 is 14.3 Å². The van der Waals surface area contributed by atoms with E-state index in [9.17, 15) is 4.79 Å². The third kappa shape index (κ3) is 5.50. The Labute approximate surface area is 235 Å². The number of methoxy groups -OCH3 is 1. The molecule has 0 unspecified atom stereocenters. The zero-order valence-electron chi connectivity index (χ0n) is 23.5. The Morgan fingerprint density at radius 2 is 1.93 bits per heavy atom. The Bertz CT molecular complexity index is 1590. The lowest BCUT2D eigenvalue weighted by atomic mass is 9.96. The molecule has 0 saturated carbocycles. The van der Waals surface area contributed by atoms with Gasteiger partial charge in [-0.2, -0.15) is 0 Å². The van der Waals surface area contributed by atoms with Crippen molar-refractivity contribution in [3.8, 4) is 11.5 Å². The van der Waals surface area contributed by atoms with Crippen LogP contribution in [0.3, 0.4) is 0 Å². The summed E-state index contributed by atoms with van der Waals surface area (Å²) in [7, 11) is 1.68. The third-order valence-corrected chi connectivity index (χ3v) is 8.07. The lowest BCUT2D eigenvalue weighted by molar-refractivity contribution is -0.116. The van der Waals surface area contributed by atoms with E-state index >= 15 is 0 Å². The predicted octanol–water partition coefficient (Wildman–Crippen LogP) is 6.56. The number of hydrogen-bond donors (Lipinski definition) is 2. The molecule has 0 atom stereocenters. The van der Waals surface area contributed by atoms with Gasteiger partial charge in [0.25, 0.3) is 0 Å². The number of likely N-dealkylation sites (tertiary alicyclic amines) is 1. The van der Waals surface area contributed by atoms with Crippen molar-refractivity contribution in [1.29, 1.82) is 0 Å². The van der Waals surface area contributed by atoms with Gasteiger partial charge in [-0.3, -0.25) is 9.69 Å². The van der Waals surface area contributed by atoms with Crippen molar-refractivity contribution in [3.63, 3.8) is 0 Å². The molecule has 2 N–H and O–H groups in total. The zero-order chi connectivity index (χ0) is 27.7. The van der Waals surface area contributed by atoms with Gasteiger partial charge in [-0.1, -0.05) is 30.3 Å². The number of fused-ring (bicyclic) bond motifs is 5. The number of nitrogens with zero attached hydrogens (tertiary/aromatic N) is 1. The van der Waals surface area contributed by atoms with E-state index in [2.05, 4.69) is 63.8 Å². The smallest absolute Gasteiger partial charge is 0.244 e. The summed E-state index contributed by atoms with van der Waals surface area (Å²) in [6.07, 6.45) is 9.91. The number of aromatic nitrogens is 1. The molecule has 2 aliphatic heterocycles. The van der Waals surface area contributed by atoms with E-state index in [0.717, 1.165) is 76.9 Å². The lowest BCUT2D eigenvalue weighted by Gasteiger charge is -2.32. The molecular weight excluding hydrogens is 498 g/mol. The van der Waals surface area contributed by atoms with Crippen LogP contribution in [0.1, 0.15) is 43.4 Å². The van der Waals surface area contributed by atoms with Crippen LogP contribution in [-0.2, 0) is 11.3 Å². The van der Waals surface area contributed by atoms with Crippen LogP contribution in [0.4, 0.5) is 0 Å². The van der Waals surface area contributed by atoms with Gasteiger partial charge in [-0.05, 0) is 93.8 Å². The van der Waals surface area contributed by atoms with Gasteiger partial charge >= 0.3 is 0 Å². The maximum atomic E-state index is 12.9. The number of piperidine rings is 1. The number of benzene rings is 3. The van der Waals surface area contributed by atoms with Crippen LogP contribution in [0.15, 0.2) is 66.7 Å². The number of carbonyl (C=O) groups is 1. The van der Waals surface area contributed by atoms with Crippen LogP contribution in [0.5, 0.6) is 11.5 Å². The highest BCUT2D eigenvalue weighted by molar-refractivity contribution is 6.12. The highest BCUT2D eigenvalue weighted by Gasteiger charge is 2.26. The van der Waals surface area contributed by atoms with Crippen LogP contribution in [-0.4, -0.2) is 48.1 Å². The van der Waals surface area contributed by atoms with E-state index in [0.29, 0.717) is 12.5 Å².